The minimum atomic E-state index is 0.744. The lowest BCUT2D eigenvalue weighted by atomic mass is 10.1. The molecule has 0 bridgehead atoms. The average Bonchev–Trinajstić information content (AvgIpc) is 3.10. The van der Waals surface area contributed by atoms with Crippen molar-refractivity contribution in [1.82, 2.24) is 4.90 Å². The van der Waals surface area contributed by atoms with Crippen molar-refractivity contribution in [2.75, 3.05) is 6.54 Å². The van der Waals surface area contributed by atoms with Crippen molar-refractivity contribution in [2.24, 2.45) is 0 Å². The Balaban J connectivity index is 2.00. The highest BCUT2D eigenvalue weighted by Crippen LogP contribution is 2.27. The van der Waals surface area contributed by atoms with Crippen LogP contribution in [0.4, 0.5) is 0 Å². The monoisotopic (exact) mass is 200 g/mol. The van der Waals surface area contributed by atoms with Gasteiger partial charge in [-0.05, 0) is 37.1 Å². The first-order chi connectivity index (χ1) is 7.33. The highest BCUT2D eigenvalue weighted by Gasteiger charge is 2.27. The Hall–Kier alpha value is -1.33. The van der Waals surface area contributed by atoms with Crippen LogP contribution in [0.25, 0.3) is 0 Å². The van der Waals surface area contributed by atoms with Crippen molar-refractivity contribution in [1.29, 1.82) is 5.26 Å². The van der Waals surface area contributed by atoms with Crippen LogP contribution in [0.1, 0.15) is 30.9 Å². The molecule has 1 aliphatic rings. The van der Waals surface area contributed by atoms with Gasteiger partial charge in [0.25, 0.3) is 0 Å². The molecule has 2 rings (SSSR count). The van der Waals surface area contributed by atoms with Gasteiger partial charge in [-0.3, -0.25) is 4.90 Å². The average molecular weight is 200 g/mol. The van der Waals surface area contributed by atoms with Crippen LogP contribution in [0, 0.1) is 11.3 Å². The quantitative estimate of drug-likeness (QED) is 0.746. The van der Waals surface area contributed by atoms with Gasteiger partial charge in [0.05, 0.1) is 11.6 Å². The van der Waals surface area contributed by atoms with Crippen molar-refractivity contribution in [3.63, 3.8) is 0 Å². The molecule has 0 unspecified atom stereocenters. The van der Waals surface area contributed by atoms with Gasteiger partial charge in [-0.25, -0.2) is 0 Å². The Labute approximate surface area is 91.1 Å². The molecule has 1 fully saturated rings. The normalized spacial score (nSPS) is 15.3. The van der Waals surface area contributed by atoms with Crippen LogP contribution < -0.4 is 0 Å². The first kappa shape index (κ1) is 10.2. The first-order valence-electron chi connectivity index (χ1n) is 5.56. The van der Waals surface area contributed by atoms with Crippen LogP contribution in [0.5, 0.6) is 0 Å². The van der Waals surface area contributed by atoms with Gasteiger partial charge >= 0.3 is 0 Å². The topological polar surface area (TPSA) is 27.0 Å². The van der Waals surface area contributed by atoms with Crippen molar-refractivity contribution in [3.8, 4) is 6.07 Å². The highest BCUT2D eigenvalue weighted by molar-refractivity contribution is 5.31. The Morgan fingerprint density at radius 3 is 2.47 bits per heavy atom. The van der Waals surface area contributed by atoms with Crippen LogP contribution >= 0.6 is 0 Å². The molecule has 0 amide bonds. The predicted molar refractivity (Wildman–Crippen MR) is 60.3 cm³/mol. The molecule has 0 spiro atoms. The van der Waals surface area contributed by atoms with E-state index in [1.807, 2.05) is 12.1 Å². The fourth-order valence-corrected chi connectivity index (χ4v) is 1.86. The molecule has 0 heterocycles. The summed E-state index contributed by atoms with van der Waals surface area (Å²) in [6.07, 6.45) is 2.70. The summed E-state index contributed by atoms with van der Waals surface area (Å²) < 4.78 is 0. The van der Waals surface area contributed by atoms with E-state index in [0.29, 0.717) is 0 Å². The smallest absolute Gasteiger partial charge is 0.0991 e. The van der Waals surface area contributed by atoms with E-state index in [1.54, 1.807) is 0 Å². The molecule has 0 radical (unpaired) electrons. The standard InChI is InChI=1S/C13H16N2/c1-2-15(13-7-8-13)10-12-5-3-11(9-14)4-6-12/h3-6,13H,2,7-8,10H2,1H3. The molecule has 0 aromatic heterocycles. The van der Waals surface area contributed by atoms with E-state index in [4.69, 9.17) is 5.26 Å². The lowest BCUT2D eigenvalue weighted by molar-refractivity contribution is 0.269. The van der Waals surface area contributed by atoms with Gasteiger partial charge in [0.15, 0.2) is 0 Å². The number of rotatable bonds is 4. The first-order valence-corrected chi connectivity index (χ1v) is 5.56. The van der Waals surface area contributed by atoms with Crippen LogP contribution in [-0.2, 0) is 6.54 Å². The van der Waals surface area contributed by atoms with Crippen molar-refractivity contribution < 1.29 is 0 Å². The summed E-state index contributed by atoms with van der Waals surface area (Å²) in [5, 5.41) is 8.69. The molecule has 15 heavy (non-hydrogen) atoms. The molecule has 1 saturated carbocycles. The molecular formula is C13H16N2. The molecule has 1 aromatic carbocycles. The van der Waals surface area contributed by atoms with Crippen LogP contribution in [0.3, 0.4) is 0 Å². The second-order valence-electron chi connectivity index (χ2n) is 4.10. The molecule has 0 saturated heterocycles. The fraction of sp³-hybridized carbons (Fsp3) is 0.462. The molecule has 2 nitrogen and oxygen atoms in total. The summed E-state index contributed by atoms with van der Waals surface area (Å²) in [7, 11) is 0. The summed E-state index contributed by atoms with van der Waals surface area (Å²) in [4.78, 5) is 2.50. The summed E-state index contributed by atoms with van der Waals surface area (Å²) in [5.74, 6) is 0. The number of nitrogens with zero attached hydrogens (tertiary/aromatic N) is 2. The van der Waals surface area contributed by atoms with Crippen LogP contribution in [-0.4, -0.2) is 17.5 Å². The SMILES string of the molecule is CCN(Cc1ccc(C#N)cc1)C1CC1. The van der Waals surface area contributed by atoms with Gasteiger partial charge in [0, 0.05) is 12.6 Å². The van der Waals surface area contributed by atoms with E-state index >= 15 is 0 Å². The lowest BCUT2D eigenvalue weighted by Gasteiger charge is -2.19. The number of nitriles is 1. The zero-order valence-corrected chi connectivity index (χ0v) is 9.11. The van der Waals surface area contributed by atoms with Gasteiger partial charge in [0.2, 0.25) is 0 Å². The molecule has 1 aromatic rings. The molecule has 0 atom stereocenters. The highest BCUT2D eigenvalue weighted by atomic mass is 15.2. The minimum absolute atomic E-state index is 0.744. The molecule has 78 valence electrons. The van der Waals surface area contributed by atoms with E-state index in [0.717, 1.165) is 24.7 Å². The third kappa shape index (κ3) is 2.57. The van der Waals surface area contributed by atoms with E-state index in [1.165, 1.54) is 18.4 Å². The van der Waals surface area contributed by atoms with Gasteiger partial charge < -0.3 is 0 Å². The Bertz CT molecular complexity index is 357. The second kappa shape index (κ2) is 4.46. The second-order valence-corrected chi connectivity index (χ2v) is 4.10. The molecule has 0 N–H and O–H groups in total. The van der Waals surface area contributed by atoms with E-state index in [2.05, 4.69) is 30.0 Å². The van der Waals surface area contributed by atoms with Crippen LogP contribution in [0.2, 0.25) is 0 Å². The van der Waals surface area contributed by atoms with Crippen molar-refractivity contribution >= 4 is 0 Å². The maximum atomic E-state index is 8.69. The van der Waals surface area contributed by atoms with E-state index in [9.17, 15) is 0 Å². The molecular weight excluding hydrogens is 184 g/mol. The predicted octanol–water partition coefficient (Wildman–Crippen LogP) is 2.54. The number of hydrogen-bond acceptors (Lipinski definition) is 2. The summed E-state index contributed by atoms with van der Waals surface area (Å²) in [6.45, 7) is 4.35. The third-order valence-corrected chi connectivity index (χ3v) is 2.94. The van der Waals surface area contributed by atoms with Crippen molar-refractivity contribution in [3.05, 3.63) is 35.4 Å². The minimum Gasteiger partial charge on any atom is -0.296 e. The zero-order valence-electron chi connectivity index (χ0n) is 9.11. The van der Waals surface area contributed by atoms with E-state index < -0.39 is 0 Å². The summed E-state index contributed by atoms with van der Waals surface area (Å²) >= 11 is 0. The van der Waals surface area contributed by atoms with Gasteiger partial charge in [0.1, 0.15) is 0 Å². The Morgan fingerprint density at radius 2 is 2.00 bits per heavy atom. The van der Waals surface area contributed by atoms with Crippen molar-refractivity contribution in [2.45, 2.75) is 32.4 Å². The maximum absolute atomic E-state index is 8.69. The lowest BCUT2D eigenvalue weighted by Crippen LogP contribution is -2.24. The molecule has 1 aliphatic carbocycles. The van der Waals surface area contributed by atoms with Gasteiger partial charge in [-0.15, -0.1) is 0 Å². The van der Waals surface area contributed by atoms with Gasteiger partial charge in [-0.1, -0.05) is 19.1 Å². The fourth-order valence-electron chi connectivity index (χ4n) is 1.86. The van der Waals surface area contributed by atoms with Gasteiger partial charge in [-0.2, -0.15) is 5.26 Å². The Morgan fingerprint density at radius 1 is 1.33 bits per heavy atom. The number of hydrogen-bond donors (Lipinski definition) is 0. The van der Waals surface area contributed by atoms with E-state index in [-0.39, 0.29) is 0 Å². The number of benzene rings is 1. The maximum Gasteiger partial charge on any atom is 0.0991 e. The third-order valence-electron chi connectivity index (χ3n) is 2.94. The zero-order chi connectivity index (χ0) is 10.7. The summed E-state index contributed by atoms with van der Waals surface area (Å²) in [5.41, 5.74) is 2.05. The summed E-state index contributed by atoms with van der Waals surface area (Å²) in [6, 6.07) is 10.9. The Kier molecular flexibility index (Phi) is 3.03. The van der Waals surface area contributed by atoms with Crippen LogP contribution in [0.15, 0.2) is 24.3 Å². The molecule has 0 aliphatic heterocycles. The largest absolute Gasteiger partial charge is 0.296 e. The molecule has 2 heteroatoms.